The highest BCUT2D eigenvalue weighted by Crippen LogP contribution is 2.30. The van der Waals surface area contributed by atoms with E-state index in [0.717, 1.165) is 0 Å². The fraction of sp³-hybridized carbons (Fsp3) is 0.333. The van der Waals surface area contributed by atoms with E-state index in [1.807, 2.05) is 0 Å². The van der Waals surface area contributed by atoms with Gasteiger partial charge in [-0.1, -0.05) is 13.8 Å². The van der Waals surface area contributed by atoms with Crippen LogP contribution in [-0.4, -0.2) is 0 Å². The van der Waals surface area contributed by atoms with Crippen molar-refractivity contribution in [3.63, 3.8) is 0 Å². The summed E-state index contributed by atoms with van der Waals surface area (Å²) >= 11 is 0. The molecule has 14 heavy (non-hydrogen) atoms. The van der Waals surface area contributed by atoms with Gasteiger partial charge in [-0.25, -0.2) is 13.2 Å². The Bertz CT molecular complexity index is 345. The number of halogens is 4. The number of quaternary nitrogens is 1. The molecular formula is C9H10F4N+. The molecule has 0 aliphatic carbocycles. The Hall–Kier alpha value is -1.10. The van der Waals surface area contributed by atoms with Crippen LogP contribution in [0.4, 0.5) is 23.2 Å². The standard InChI is InChI=1S/C9H9F4N/c1-3(2)4-5(10)6(11)7(12)8(13)9(4)14/h3H,14H2,1-2H3/p+1. The van der Waals surface area contributed by atoms with Gasteiger partial charge in [0.15, 0.2) is 17.3 Å². The molecule has 0 aromatic heterocycles. The molecule has 0 saturated carbocycles. The van der Waals surface area contributed by atoms with Crippen LogP contribution in [0.5, 0.6) is 0 Å². The normalized spacial score (nSPS) is 11.1. The van der Waals surface area contributed by atoms with E-state index in [1.165, 1.54) is 0 Å². The smallest absolute Gasteiger partial charge is 0.222 e. The second-order valence-electron chi connectivity index (χ2n) is 3.30. The Labute approximate surface area is 78.5 Å². The average Bonchev–Trinajstić information content (AvgIpc) is 2.11. The summed E-state index contributed by atoms with van der Waals surface area (Å²) in [7, 11) is 0. The van der Waals surface area contributed by atoms with Crippen LogP contribution in [0.2, 0.25) is 0 Å². The molecule has 0 saturated heterocycles. The molecule has 1 rings (SSSR count). The topological polar surface area (TPSA) is 27.6 Å². The van der Waals surface area contributed by atoms with E-state index in [0.29, 0.717) is 0 Å². The summed E-state index contributed by atoms with van der Waals surface area (Å²) in [5.74, 6) is -6.82. The van der Waals surface area contributed by atoms with Crippen LogP contribution in [0.25, 0.3) is 0 Å². The van der Waals surface area contributed by atoms with E-state index in [1.54, 1.807) is 13.8 Å². The zero-order valence-electron chi connectivity index (χ0n) is 7.80. The van der Waals surface area contributed by atoms with Crippen LogP contribution in [0.15, 0.2) is 0 Å². The van der Waals surface area contributed by atoms with Crippen molar-refractivity contribution in [1.82, 2.24) is 0 Å². The molecule has 0 amide bonds. The molecule has 1 nitrogen and oxygen atoms in total. The second kappa shape index (κ2) is 3.57. The van der Waals surface area contributed by atoms with Crippen molar-refractivity contribution in [2.24, 2.45) is 0 Å². The summed E-state index contributed by atoms with van der Waals surface area (Å²) in [4.78, 5) is 0. The van der Waals surface area contributed by atoms with Crippen molar-refractivity contribution >= 4 is 5.69 Å². The molecule has 0 unspecified atom stereocenters. The van der Waals surface area contributed by atoms with E-state index in [2.05, 4.69) is 5.73 Å². The monoisotopic (exact) mass is 208 g/mol. The molecule has 0 radical (unpaired) electrons. The Morgan fingerprint density at radius 3 is 1.71 bits per heavy atom. The van der Waals surface area contributed by atoms with E-state index >= 15 is 0 Å². The van der Waals surface area contributed by atoms with Crippen molar-refractivity contribution < 1.29 is 23.3 Å². The van der Waals surface area contributed by atoms with Gasteiger partial charge >= 0.3 is 0 Å². The summed E-state index contributed by atoms with van der Waals surface area (Å²) in [5, 5.41) is 0. The molecular weight excluding hydrogens is 198 g/mol. The Morgan fingerprint density at radius 1 is 0.857 bits per heavy atom. The van der Waals surface area contributed by atoms with Gasteiger partial charge in [-0.05, 0) is 5.92 Å². The molecule has 1 aromatic carbocycles. The first-order valence-electron chi connectivity index (χ1n) is 4.05. The maximum absolute atomic E-state index is 13.1. The lowest BCUT2D eigenvalue weighted by Gasteiger charge is -2.09. The first-order valence-corrected chi connectivity index (χ1v) is 4.05. The van der Waals surface area contributed by atoms with Crippen LogP contribution >= 0.6 is 0 Å². The van der Waals surface area contributed by atoms with Gasteiger partial charge in [-0.2, -0.15) is 4.39 Å². The first-order chi connectivity index (χ1) is 6.37. The predicted octanol–water partition coefficient (Wildman–Crippen LogP) is 2.24. The molecule has 0 fully saturated rings. The van der Waals surface area contributed by atoms with Crippen LogP contribution < -0.4 is 5.73 Å². The number of hydrogen-bond acceptors (Lipinski definition) is 0. The fourth-order valence-corrected chi connectivity index (χ4v) is 1.30. The lowest BCUT2D eigenvalue weighted by molar-refractivity contribution is -0.260. The molecule has 78 valence electrons. The van der Waals surface area contributed by atoms with E-state index in [-0.39, 0.29) is 5.56 Å². The van der Waals surface area contributed by atoms with Gasteiger partial charge in [0.2, 0.25) is 11.6 Å². The van der Waals surface area contributed by atoms with Crippen LogP contribution in [0, 0.1) is 23.3 Å². The van der Waals surface area contributed by atoms with Crippen molar-refractivity contribution in [3.8, 4) is 0 Å². The highest BCUT2D eigenvalue weighted by molar-refractivity contribution is 5.44. The van der Waals surface area contributed by atoms with Gasteiger partial charge < -0.3 is 5.73 Å². The quantitative estimate of drug-likeness (QED) is 0.416. The summed E-state index contributed by atoms with van der Waals surface area (Å²) < 4.78 is 51.5. The van der Waals surface area contributed by atoms with Crippen LogP contribution in [-0.2, 0) is 0 Å². The van der Waals surface area contributed by atoms with Crippen molar-refractivity contribution in [2.45, 2.75) is 19.8 Å². The third kappa shape index (κ3) is 1.48. The van der Waals surface area contributed by atoms with Gasteiger partial charge in [-0.3, -0.25) is 0 Å². The number of rotatable bonds is 1. The lowest BCUT2D eigenvalue weighted by atomic mass is 10.00. The second-order valence-corrected chi connectivity index (χ2v) is 3.30. The van der Waals surface area contributed by atoms with Crippen molar-refractivity contribution in [1.29, 1.82) is 0 Å². The van der Waals surface area contributed by atoms with Gasteiger partial charge in [-0.15, -0.1) is 0 Å². The van der Waals surface area contributed by atoms with E-state index in [4.69, 9.17) is 0 Å². The molecule has 0 heterocycles. The zero-order valence-corrected chi connectivity index (χ0v) is 7.80. The minimum Gasteiger partial charge on any atom is -0.322 e. The maximum Gasteiger partial charge on any atom is 0.222 e. The Kier molecular flexibility index (Phi) is 2.80. The molecule has 5 heteroatoms. The first kappa shape index (κ1) is 11.0. The SMILES string of the molecule is CC(C)c1c([NH3+])c(F)c(F)c(F)c1F. The maximum atomic E-state index is 13.1. The molecule has 0 spiro atoms. The third-order valence-corrected chi connectivity index (χ3v) is 1.98. The Balaban J connectivity index is 3.60. The van der Waals surface area contributed by atoms with Gasteiger partial charge in [0.1, 0.15) is 0 Å². The van der Waals surface area contributed by atoms with Gasteiger partial charge in [0.05, 0.1) is 5.56 Å². The van der Waals surface area contributed by atoms with Gasteiger partial charge in [0.25, 0.3) is 0 Å². The van der Waals surface area contributed by atoms with E-state index in [9.17, 15) is 17.6 Å². The molecule has 0 atom stereocenters. The summed E-state index contributed by atoms with van der Waals surface area (Å²) in [6, 6.07) is 0. The molecule has 3 N–H and O–H groups in total. The van der Waals surface area contributed by atoms with Crippen LogP contribution in [0.3, 0.4) is 0 Å². The minimum atomic E-state index is -1.81. The number of hydrogen-bond donors (Lipinski definition) is 1. The number of benzene rings is 1. The highest BCUT2D eigenvalue weighted by atomic mass is 19.2. The summed E-state index contributed by atoms with van der Waals surface area (Å²) in [6.45, 7) is 3.09. The van der Waals surface area contributed by atoms with Crippen molar-refractivity contribution in [2.75, 3.05) is 0 Å². The molecule has 0 bridgehead atoms. The lowest BCUT2D eigenvalue weighted by Crippen LogP contribution is -2.44. The van der Waals surface area contributed by atoms with Crippen LogP contribution in [0.1, 0.15) is 25.3 Å². The molecule has 0 aliphatic heterocycles. The summed E-state index contributed by atoms with van der Waals surface area (Å²) in [5.41, 5.74) is 2.54. The minimum absolute atomic E-state index is 0.221. The fourth-order valence-electron chi connectivity index (χ4n) is 1.30. The predicted molar refractivity (Wildman–Crippen MR) is 42.9 cm³/mol. The van der Waals surface area contributed by atoms with Gasteiger partial charge in [0, 0.05) is 0 Å². The average molecular weight is 208 g/mol. The largest absolute Gasteiger partial charge is 0.322 e. The molecule has 1 aromatic rings. The Morgan fingerprint density at radius 2 is 1.29 bits per heavy atom. The van der Waals surface area contributed by atoms with E-state index < -0.39 is 34.9 Å². The highest BCUT2D eigenvalue weighted by Gasteiger charge is 2.27. The molecule has 0 aliphatic rings. The third-order valence-electron chi connectivity index (χ3n) is 1.98. The zero-order chi connectivity index (χ0) is 11.0. The van der Waals surface area contributed by atoms with Crippen molar-refractivity contribution in [3.05, 3.63) is 28.8 Å². The summed E-state index contributed by atoms with van der Waals surface area (Å²) in [6.07, 6.45) is 0.